The highest BCUT2D eigenvalue weighted by atomic mass is 32.2. The van der Waals surface area contributed by atoms with Gasteiger partial charge in [0, 0.05) is 56.3 Å². The molecule has 10 nitrogen and oxygen atoms in total. The summed E-state index contributed by atoms with van der Waals surface area (Å²) in [6, 6.07) is 4.16. The van der Waals surface area contributed by atoms with Gasteiger partial charge in [0.25, 0.3) is 0 Å². The zero-order valence-corrected chi connectivity index (χ0v) is 29.1. The minimum Gasteiger partial charge on any atom is -0.463 e. The maximum absolute atomic E-state index is 14.9. The third-order valence-electron chi connectivity index (χ3n) is 10.8. The molecule has 48 heavy (non-hydrogen) atoms. The molecule has 4 atom stereocenters. The van der Waals surface area contributed by atoms with E-state index >= 15 is 0 Å². The number of pyridine rings is 1. The second-order valence-corrected chi connectivity index (χ2v) is 15.9. The van der Waals surface area contributed by atoms with E-state index in [9.17, 15) is 14.0 Å². The van der Waals surface area contributed by atoms with E-state index < -0.39 is 22.8 Å². The number of nitrogens with zero attached hydrogens (tertiary/aromatic N) is 7. The van der Waals surface area contributed by atoms with E-state index in [1.165, 1.54) is 6.42 Å². The fourth-order valence-electron chi connectivity index (χ4n) is 7.86. The van der Waals surface area contributed by atoms with E-state index in [1.54, 1.807) is 12.3 Å². The average Bonchev–Trinajstić information content (AvgIpc) is 3.70. The van der Waals surface area contributed by atoms with Gasteiger partial charge in [-0.15, -0.1) is 0 Å². The van der Waals surface area contributed by atoms with Crippen molar-refractivity contribution in [3.63, 3.8) is 0 Å². The lowest BCUT2D eigenvalue weighted by atomic mass is 9.75. The first-order valence-electron chi connectivity index (χ1n) is 16.8. The summed E-state index contributed by atoms with van der Waals surface area (Å²) in [5, 5.41) is 9.86. The number of rotatable bonds is 10. The van der Waals surface area contributed by atoms with Gasteiger partial charge in [-0.1, -0.05) is 11.8 Å². The molecule has 3 aliphatic carbocycles. The van der Waals surface area contributed by atoms with Crippen molar-refractivity contribution in [2.24, 2.45) is 17.1 Å². The van der Waals surface area contributed by atoms with Crippen LogP contribution in [-0.2, 0) is 4.74 Å². The largest absolute Gasteiger partial charge is 0.463 e. The first-order valence-corrected chi connectivity index (χ1v) is 17.7. The molecule has 5 aliphatic rings. The van der Waals surface area contributed by atoms with E-state index in [4.69, 9.17) is 30.2 Å². The molecule has 4 heterocycles. The van der Waals surface area contributed by atoms with Crippen molar-refractivity contribution in [3.05, 3.63) is 46.3 Å². The maximum Gasteiger partial charge on any atom is 0.318 e. The number of fused-ring (bicyclic) bond motifs is 2. The van der Waals surface area contributed by atoms with Gasteiger partial charge in [0.2, 0.25) is 0 Å². The molecule has 256 valence electrons. The fourth-order valence-corrected chi connectivity index (χ4v) is 9.07. The van der Waals surface area contributed by atoms with Crippen LogP contribution in [0, 0.1) is 22.7 Å². The zero-order chi connectivity index (χ0) is 34.0. The molecule has 0 radical (unpaired) electrons. The Morgan fingerprint density at radius 1 is 1.15 bits per heavy atom. The minimum atomic E-state index is -0.979. The molecule has 2 aliphatic heterocycles. The molecule has 13 heteroatoms. The molecule has 7 rings (SSSR count). The molecule has 0 aromatic carbocycles. The number of thioether (sulfide) groups is 1. The van der Waals surface area contributed by atoms with Crippen molar-refractivity contribution >= 4 is 34.1 Å². The van der Waals surface area contributed by atoms with Gasteiger partial charge in [0.1, 0.15) is 11.6 Å². The normalized spacial score (nSPS) is 27.9. The van der Waals surface area contributed by atoms with Gasteiger partial charge >= 0.3 is 6.01 Å². The number of likely N-dealkylation sites (N-methyl/N-ethyl adjacent to an activating group) is 2. The van der Waals surface area contributed by atoms with E-state index in [2.05, 4.69) is 48.7 Å². The van der Waals surface area contributed by atoms with Gasteiger partial charge in [0.05, 0.1) is 57.3 Å². The fraction of sp³-hybridized carbons (Fsp3) is 0.600. The number of hydrogen-bond donors (Lipinski definition) is 1. The van der Waals surface area contributed by atoms with Crippen molar-refractivity contribution < 1.29 is 18.3 Å². The number of hydrogen-bond acceptors (Lipinski definition) is 11. The summed E-state index contributed by atoms with van der Waals surface area (Å²) in [4.78, 5) is 21.5. The minimum absolute atomic E-state index is 0.0425. The highest BCUT2D eigenvalue weighted by molar-refractivity contribution is 8.04. The Bertz CT molecular complexity index is 1740. The predicted octanol–water partition coefficient (Wildman–Crippen LogP) is 5.19. The Hall–Kier alpha value is -3.31. The van der Waals surface area contributed by atoms with Crippen molar-refractivity contribution in [3.8, 4) is 12.1 Å². The van der Waals surface area contributed by atoms with Gasteiger partial charge in [-0.2, -0.15) is 15.2 Å². The van der Waals surface area contributed by atoms with Crippen LogP contribution in [-0.4, -0.2) is 102 Å². The van der Waals surface area contributed by atoms with Crippen LogP contribution < -0.4 is 15.4 Å². The second-order valence-electron chi connectivity index (χ2n) is 14.7. The van der Waals surface area contributed by atoms with Gasteiger partial charge < -0.3 is 25.0 Å². The number of nitrogens with two attached hydrogens (primary N) is 1. The number of allylic oxidation sites excluding steroid dienone is 4. The number of anilines is 1. The SMILES string of the molecule is C[C@@H]1CN(CC2(COc3nc(N(C)CC4(N(C)C)CCC4)c4cnc(C5=CC(F)=C(F)C6SC(N)=C(C#N)C56)cc4n3)CC2)C[C@@H](C)O1. The van der Waals surface area contributed by atoms with Gasteiger partial charge in [-0.05, 0) is 77.8 Å². The summed E-state index contributed by atoms with van der Waals surface area (Å²) in [5.74, 6) is -1.93. The number of morpholine rings is 1. The number of halogens is 2. The first-order chi connectivity index (χ1) is 22.9. The van der Waals surface area contributed by atoms with Crippen molar-refractivity contribution in [2.45, 2.75) is 68.9 Å². The highest BCUT2D eigenvalue weighted by Crippen LogP contribution is 2.53. The Kier molecular flexibility index (Phi) is 8.67. The Morgan fingerprint density at radius 2 is 1.88 bits per heavy atom. The third kappa shape index (κ3) is 6.06. The van der Waals surface area contributed by atoms with Gasteiger partial charge in [0.15, 0.2) is 5.83 Å². The first kappa shape index (κ1) is 33.2. The molecule has 2 aromatic heterocycles. The van der Waals surface area contributed by atoms with Crippen molar-refractivity contribution in [2.75, 3.05) is 58.8 Å². The molecule has 2 unspecified atom stereocenters. The lowest BCUT2D eigenvalue weighted by molar-refractivity contribution is -0.0741. The van der Waals surface area contributed by atoms with Crippen LogP contribution in [0.15, 0.2) is 40.6 Å². The molecule has 0 amide bonds. The monoisotopic (exact) mass is 678 g/mol. The molecular weight excluding hydrogens is 635 g/mol. The van der Waals surface area contributed by atoms with Crippen LogP contribution in [0.4, 0.5) is 14.6 Å². The lowest BCUT2D eigenvalue weighted by Gasteiger charge is -2.49. The molecule has 3 fully saturated rings. The smallest absolute Gasteiger partial charge is 0.318 e. The van der Waals surface area contributed by atoms with Gasteiger partial charge in [-0.25, -0.2) is 8.78 Å². The molecule has 1 saturated heterocycles. The van der Waals surface area contributed by atoms with Crippen LogP contribution in [0.1, 0.15) is 51.6 Å². The summed E-state index contributed by atoms with van der Waals surface area (Å²) in [6.45, 7) is 8.25. The number of aromatic nitrogens is 3. The van der Waals surface area contributed by atoms with Crippen LogP contribution in [0.3, 0.4) is 0 Å². The quantitative estimate of drug-likeness (QED) is 0.358. The maximum atomic E-state index is 14.9. The number of nitriles is 1. The zero-order valence-electron chi connectivity index (χ0n) is 28.3. The second kappa shape index (κ2) is 12.5. The molecule has 0 spiro atoms. The van der Waals surface area contributed by atoms with E-state index in [0.29, 0.717) is 29.2 Å². The van der Waals surface area contributed by atoms with E-state index in [0.717, 1.165) is 75.1 Å². The topological polar surface area (TPSA) is 117 Å². The van der Waals surface area contributed by atoms with Crippen LogP contribution in [0.5, 0.6) is 6.01 Å². The Labute approximate surface area is 285 Å². The Balaban J connectivity index is 1.23. The highest BCUT2D eigenvalue weighted by Gasteiger charge is 2.47. The van der Waals surface area contributed by atoms with Crippen LogP contribution in [0.25, 0.3) is 16.5 Å². The number of ether oxygens (including phenoxy) is 2. The van der Waals surface area contributed by atoms with Gasteiger partial charge in [-0.3, -0.25) is 9.88 Å². The summed E-state index contributed by atoms with van der Waals surface area (Å²) >= 11 is 0.974. The van der Waals surface area contributed by atoms with Crippen molar-refractivity contribution in [1.82, 2.24) is 24.8 Å². The van der Waals surface area contributed by atoms with E-state index in [1.807, 2.05) is 7.05 Å². The standard InChI is InChI=1S/C35H44F2N8O2S/c1-20-15-45(16-21(2)47-20)17-34(9-10-34)19-46-33-41-27-12-26(22-11-25(36)29(37)30-28(22)23(13-38)31(39)48-30)40-14-24(27)32(42-33)44(5)18-35(43(3)4)7-6-8-35/h11-12,14,20-21,28,30H,6-10,15-19,39H2,1-5H3/t20-,21-,28?,30?/m1/s1. The van der Waals surface area contributed by atoms with Crippen LogP contribution in [0.2, 0.25) is 0 Å². The average molecular weight is 679 g/mol. The Morgan fingerprint density at radius 3 is 2.50 bits per heavy atom. The summed E-state index contributed by atoms with van der Waals surface area (Å²) in [7, 11) is 6.28. The predicted molar refractivity (Wildman–Crippen MR) is 183 cm³/mol. The molecule has 2 N–H and O–H groups in total. The molecule has 0 bridgehead atoms. The van der Waals surface area contributed by atoms with E-state index in [-0.39, 0.29) is 39.8 Å². The summed E-state index contributed by atoms with van der Waals surface area (Å²) in [6.07, 6.45) is 8.76. The molecule has 2 aromatic rings. The molecular formula is C35H44F2N8O2S. The third-order valence-corrected chi connectivity index (χ3v) is 12.0. The molecule has 2 saturated carbocycles. The summed E-state index contributed by atoms with van der Waals surface area (Å²) in [5.41, 5.74) is 7.79. The summed E-state index contributed by atoms with van der Waals surface area (Å²) < 4.78 is 42.2. The van der Waals surface area contributed by atoms with Crippen LogP contribution >= 0.6 is 11.8 Å². The van der Waals surface area contributed by atoms with Crippen molar-refractivity contribution in [1.29, 1.82) is 5.26 Å². The lowest BCUT2D eigenvalue weighted by Crippen LogP contribution is -2.56.